The molecule has 2 rings (SSSR count). The van der Waals surface area contributed by atoms with Crippen LogP contribution in [0.3, 0.4) is 0 Å². The molecule has 0 bridgehead atoms. The number of hydrogen-bond donors (Lipinski definition) is 2. The monoisotopic (exact) mass is 241 g/mol. The van der Waals surface area contributed by atoms with Crippen LogP contribution in [0.15, 0.2) is 0 Å². The van der Waals surface area contributed by atoms with Gasteiger partial charge in [0.1, 0.15) is 6.04 Å². The molecule has 1 saturated carbocycles. The van der Waals surface area contributed by atoms with E-state index in [0.717, 1.165) is 12.8 Å². The summed E-state index contributed by atoms with van der Waals surface area (Å²) in [7, 11) is 0. The Balaban J connectivity index is 1.94. The number of carbonyl (C=O) groups is 2. The number of rotatable bonds is 3. The maximum Gasteiger partial charge on any atom is 0.318 e. The lowest BCUT2D eigenvalue weighted by molar-refractivity contribution is -0.130. The second-order valence-electron chi connectivity index (χ2n) is 4.40. The summed E-state index contributed by atoms with van der Waals surface area (Å²) in [4.78, 5) is 25.3. The first-order valence-electron chi connectivity index (χ1n) is 6.15. The third-order valence-corrected chi connectivity index (χ3v) is 2.95. The van der Waals surface area contributed by atoms with E-state index in [1.807, 2.05) is 6.92 Å². The largest absolute Gasteiger partial charge is 0.377 e. The molecule has 2 N–H and O–H groups in total. The number of hydrogen-bond acceptors (Lipinski definition) is 3. The van der Waals surface area contributed by atoms with Crippen LogP contribution in [0.25, 0.3) is 0 Å². The van der Waals surface area contributed by atoms with Crippen LogP contribution in [-0.4, -0.2) is 55.2 Å². The summed E-state index contributed by atoms with van der Waals surface area (Å²) in [5.74, 6) is -0.141. The summed E-state index contributed by atoms with van der Waals surface area (Å²) in [6.07, 6.45) is 2.09. The van der Waals surface area contributed by atoms with Crippen LogP contribution in [0.4, 0.5) is 4.79 Å². The van der Waals surface area contributed by atoms with Crippen molar-refractivity contribution in [2.45, 2.75) is 31.8 Å². The molecule has 6 nitrogen and oxygen atoms in total. The molecule has 2 aliphatic rings. The number of morpholine rings is 1. The lowest BCUT2D eigenvalue weighted by atomic mass is 10.2. The zero-order valence-electron chi connectivity index (χ0n) is 10.1. The number of nitrogens with zero attached hydrogens (tertiary/aromatic N) is 1. The molecule has 6 heteroatoms. The quantitative estimate of drug-likeness (QED) is 0.712. The summed E-state index contributed by atoms with van der Waals surface area (Å²) in [5, 5.41) is 5.63. The molecule has 1 aliphatic carbocycles. The van der Waals surface area contributed by atoms with Gasteiger partial charge in [-0.3, -0.25) is 4.79 Å². The Hall–Kier alpha value is -1.30. The van der Waals surface area contributed by atoms with Gasteiger partial charge in [0.15, 0.2) is 0 Å². The summed E-state index contributed by atoms with van der Waals surface area (Å²) in [6, 6.07) is -0.338. The number of nitrogens with one attached hydrogen (secondary N) is 2. The molecule has 2 fully saturated rings. The van der Waals surface area contributed by atoms with Gasteiger partial charge in [0.05, 0.1) is 13.2 Å². The molecule has 17 heavy (non-hydrogen) atoms. The topological polar surface area (TPSA) is 70.7 Å². The molecule has 0 aromatic heterocycles. The number of ether oxygens (including phenoxy) is 1. The Morgan fingerprint density at radius 3 is 2.82 bits per heavy atom. The molecular weight excluding hydrogens is 222 g/mol. The van der Waals surface area contributed by atoms with Gasteiger partial charge < -0.3 is 20.3 Å². The van der Waals surface area contributed by atoms with Crippen molar-refractivity contribution in [3.05, 3.63) is 0 Å². The highest BCUT2D eigenvalue weighted by Crippen LogP contribution is 2.19. The second kappa shape index (κ2) is 5.35. The van der Waals surface area contributed by atoms with E-state index in [4.69, 9.17) is 4.74 Å². The van der Waals surface area contributed by atoms with Crippen molar-refractivity contribution in [2.75, 3.05) is 26.3 Å². The standard InChI is InChI=1S/C11H19N3O3/c1-2-12-10(15)9-7-17-6-5-14(9)11(16)13-8-3-4-8/h8-9H,2-7H2,1H3,(H,12,15)(H,13,16). The number of carbonyl (C=O) groups excluding carboxylic acids is 2. The van der Waals surface area contributed by atoms with Gasteiger partial charge in [-0.1, -0.05) is 0 Å². The minimum Gasteiger partial charge on any atom is -0.377 e. The molecule has 96 valence electrons. The Bertz CT molecular complexity index is 304. The van der Waals surface area contributed by atoms with Crippen molar-refractivity contribution < 1.29 is 14.3 Å². The van der Waals surface area contributed by atoms with Gasteiger partial charge in [-0.2, -0.15) is 0 Å². The molecular formula is C11H19N3O3. The van der Waals surface area contributed by atoms with Crippen LogP contribution >= 0.6 is 0 Å². The average molecular weight is 241 g/mol. The van der Waals surface area contributed by atoms with E-state index in [0.29, 0.717) is 25.7 Å². The molecule has 0 radical (unpaired) electrons. The first-order valence-corrected chi connectivity index (χ1v) is 6.15. The van der Waals surface area contributed by atoms with Crippen molar-refractivity contribution in [3.63, 3.8) is 0 Å². The van der Waals surface area contributed by atoms with Gasteiger partial charge in [0.2, 0.25) is 5.91 Å². The molecule has 1 saturated heterocycles. The Morgan fingerprint density at radius 2 is 2.18 bits per heavy atom. The summed E-state index contributed by atoms with van der Waals surface area (Å²) in [5.41, 5.74) is 0. The predicted octanol–water partition coefficient (Wildman–Crippen LogP) is -0.305. The lowest BCUT2D eigenvalue weighted by Gasteiger charge is -2.34. The second-order valence-corrected chi connectivity index (χ2v) is 4.40. The maximum atomic E-state index is 11.9. The molecule has 0 aromatic carbocycles. The summed E-state index contributed by atoms with van der Waals surface area (Å²) in [6.45, 7) is 3.67. The third kappa shape index (κ3) is 3.09. The summed E-state index contributed by atoms with van der Waals surface area (Å²) < 4.78 is 5.27. The highest BCUT2D eigenvalue weighted by Gasteiger charge is 2.34. The molecule has 0 aromatic rings. The number of amides is 3. The van der Waals surface area contributed by atoms with E-state index in [-0.39, 0.29) is 18.5 Å². The smallest absolute Gasteiger partial charge is 0.318 e. The molecule has 1 aliphatic heterocycles. The first-order chi connectivity index (χ1) is 8.22. The Labute approximate surface area is 101 Å². The van der Waals surface area contributed by atoms with Gasteiger partial charge in [0, 0.05) is 19.1 Å². The first kappa shape index (κ1) is 12.2. The van der Waals surface area contributed by atoms with Gasteiger partial charge >= 0.3 is 6.03 Å². The molecule has 0 spiro atoms. The Kier molecular flexibility index (Phi) is 3.83. The molecule has 3 amide bonds. The zero-order chi connectivity index (χ0) is 12.3. The van der Waals surface area contributed by atoms with Crippen molar-refractivity contribution in [1.82, 2.24) is 15.5 Å². The summed E-state index contributed by atoms with van der Waals surface area (Å²) >= 11 is 0. The average Bonchev–Trinajstić information content (AvgIpc) is 3.13. The fourth-order valence-electron chi connectivity index (χ4n) is 1.84. The highest BCUT2D eigenvalue weighted by atomic mass is 16.5. The third-order valence-electron chi connectivity index (χ3n) is 2.95. The Morgan fingerprint density at radius 1 is 1.41 bits per heavy atom. The minimum absolute atomic E-state index is 0.141. The van der Waals surface area contributed by atoms with Crippen LogP contribution in [-0.2, 0) is 9.53 Å². The molecule has 1 unspecified atom stereocenters. The van der Waals surface area contributed by atoms with Crippen molar-refractivity contribution in [2.24, 2.45) is 0 Å². The van der Waals surface area contributed by atoms with E-state index < -0.39 is 6.04 Å². The number of urea groups is 1. The molecule has 1 heterocycles. The lowest BCUT2D eigenvalue weighted by Crippen LogP contribution is -2.58. The zero-order valence-corrected chi connectivity index (χ0v) is 10.1. The predicted molar refractivity (Wildman–Crippen MR) is 61.6 cm³/mol. The van der Waals surface area contributed by atoms with E-state index in [9.17, 15) is 9.59 Å². The fourth-order valence-corrected chi connectivity index (χ4v) is 1.84. The van der Waals surface area contributed by atoms with Gasteiger partial charge in [-0.15, -0.1) is 0 Å². The fraction of sp³-hybridized carbons (Fsp3) is 0.818. The minimum atomic E-state index is -0.498. The van der Waals surface area contributed by atoms with Crippen molar-refractivity contribution in [3.8, 4) is 0 Å². The van der Waals surface area contributed by atoms with Crippen molar-refractivity contribution >= 4 is 11.9 Å². The van der Waals surface area contributed by atoms with Gasteiger partial charge in [0.25, 0.3) is 0 Å². The normalized spacial score (nSPS) is 24.3. The van der Waals surface area contributed by atoms with E-state index in [1.54, 1.807) is 4.90 Å². The van der Waals surface area contributed by atoms with Gasteiger partial charge in [-0.25, -0.2) is 4.79 Å². The van der Waals surface area contributed by atoms with Crippen LogP contribution in [0, 0.1) is 0 Å². The van der Waals surface area contributed by atoms with Crippen LogP contribution < -0.4 is 10.6 Å². The van der Waals surface area contributed by atoms with Crippen LogP contribution in [0.1, 0.15) is 19.8 Å². The van der Waals surface area contributed by atoms with Crippen molar-refractivity contribution in [1.29, 1.82) is 0 Å². The highest BCUT2D eigenvalue weighted by molar-refractivity contribution is 5.87. The van der Waals surface area contributed by atoms with E-state index >= 15 is 0 Å². The SMILES string of the molecule is CCNC(=O)C1COCCN1C(=O)NC1CC1. The molecule has 1 atom stereocenters. The maximum absolute atomic E-state index is 11.9. The van der Waals surface area contributed by atoms with E-state index in [1.165, 1.54) is 0 Å². The van der Waals surface area contributed by atoms with Crippen LogP contribution in [0.2, 0.25) is 0 Å². The van der Waals surface area contributed by atoms with Gasteiger partial charge in [-0.05, 0) is 19.8 Å². The van der Waals surface area contributed by atoms with E-state index in [2.05, 4.69) is 10.6 Å². The van der Waals surface area contributed by atoms with Crippen LogP contribution in [0.5, 0.6) is 0 Å². The number of likely N-dealkylation sites (N-methyl/N-ethyl adjacent to an activating group) is 1.